The van der Waals surface area contributed by atoms with Crippen LogP contribution in [0.4, 0.5) is 4.53 Å². The van der Waals surface area contributed by atoms with E-state index in [4.69, 9.17) is 5.11 Å². The van der Waals surface area contributed by atoms with Gasteiger partial charge in [-0.25, -0.2) is 9.50 Å². The SMILES string of the molecule is O=C(O)C1CCN(Cc2cn3nc(-c4ccc(OF)cc4)ccc3n2)CC1. The van der Waals surface area contributed by atoms with Gasteiger partial charge in [-0.15, -0.1) is 0 Å². The summed E-state index contributed by atoms with van der Waals surface area (Å²) in [6.45, 7) is 2.19. The molecule has 1 saturated heterocycles. The number of imidazole rings is 1. The van der Waals surface area contributed by atoms with Gasteiger partial charge in [-0.2, -0.15) is 5.10 Å². The molecule has 1 fully saturated rings. The van der Waals surface area contributed by atoms with Crippen LogP contribution in [0, 0.1) is 5.92 Å². The van der Waals surface area contributed by atoms with Gasteiger partial charge in [0.05, 0.1) is 23.5 Å². The molecule has 0 bridgehead atoms. The fourth-order valence-electron chi connectivity index (χ4n) is 3.41. The Morgan fingerprint density at radius 3 is 2.59 bits per heavy atom. The molecule has 140 valence electrons. The molecule has 0 radical (unpaired) electrons. The monoisotopic (exact) mass is 370 g/mol. The summed E-state index contributed by atoms with van der Waals surface area (Å²) in [6, 6.07) is 10.3. The number of fused-ring (bicyclic) bond motifs is 1. The average Bonchev–Trinajstić information content (AvgIpc) is 3.10. The van der Waals surface area contributed by atoms with Crippen LogP contribution in [-0.4, -0.2) is 43.7 Å². The first-order chi connectivity index (χ1) is 13.1. The average molecular weight is 370 g/mol. The summed E-state index contributed by atoms with van der Waals surface area (Å²) in [5, 5.41) is 13.7. The molecule has 0 atom stereocenters. The number of hydrogen-bond donors (Lipinski definition) is 1. The van der Waals surface area contributed by atoms with Crippen molar-refractivity contribution in [1.29, 1.82) is 0 Å². The quantitative estimate of drug-likeness (QED) is 0.744. The smallest absolute Gasteiger partial charge is 0.306 e. The minimum Gasteiger partial charge on any atom is -0.481 e. The van der Waals surface area contributed by atoms with E-state index < -0.39 is 5.97 Å². The Morgan fingerprint density at radius 1 is 1.19 bits per heavy atom. The van der Waals surface area contributed by atoms with Crippen molar-refractivity contribution in [1.82, 2.24) is 19.5 Å². The zero-order valence-electron chi connectivity index (χ0n) is 14.6. The molecule has 7 nitrogen and oxygen atoms in total. The Balaban J connectivity index is 1.48. The van der Waals surface area contributed by atoms with Crippen molar-refractivity contribution >= 4 is 11.6 Å². The summed E-state index contributed by atoms with van der Waals surface area (Å²) in [5.74, 6) is -0.789. The van der Waals surface area contributed by atoms with E-state index in [1.165, 1.54) is 0 Å². The summed E-state index contributed by atoms with van der Waals surface area (Å²) in [4.78, 5) is 21.6. The topological polar surface area (TPSA) is 80.0 Å². The van der Waals surface area contributed by atoms with Gasteiger partial charge in [0.1, 0.15) is 0 Å². The molecular formula is C19H19FN4O3. The Labute approximate surface area is 154 Å². The van der Waals surface area contributed by atoms with Crippen molar-refractivity contribution < 1.29 is 19.4 Å². The van der Waals surface area contributed by atoms with Gasteiger partial charge in [0.2, 0.25) is 0 Å². The molecule has 0 spiro atoms. The van der Waals surface area contributed by atoms with Gasteiger partial charge in [0.15, 0.2) is 11.4 Å². The number of carboxylic acid groups (broad SMARTS) is 1. The third-order valence-corrected chi connectivity index (χ3v) is 4.93. The standard InChI is InChI=1S/C19H19FN4O3/c20-27-16-3-1-13(2-4-16)17-5-6-18-21-15(12-24(18)22-17)11-23-9-7-14(8-10-23)19(25)26/h1-6,12,14H,7-11H2,(H,25,26). The number of halogens is 1. The Hall–Kier alpha value is -3.00. The molecule has 1 aliphatic rings. The number of aromatic nitrogens is 3. The van der Waals surface area contributed by atoms with Crippen LogP contribution in [0.1, 0.15) is 18.5 Å². The van der Waals surface area contributed by atoms with Crippen molar-refractivity contribution in [2.45, 2.75) is 19.4 Å². The fraction of sp³-hybridized carbons (Fsp3) is 0.316. The third kappa shape index (κ3) is 3.75. The summed E-state index contributed by atoms with van der Waals surface area (Å²) < 4.78 is 13.9. The summed E-state index contributed by atoms with van der Waals surface area (Å²) in [7, 11) is 0. The highest BCUT2D eigenvalue weighted by Gasteiger charge is 2.24. The molecule has 0 amide bonds. The van der Waals surface area contributed by atoms with Crippen molar-refractivity contribution in [2.75, 3.05) is 13.1 Å². The van der Waals surface area contributed by atoms with Crippen molar-refractivity contribution in [3.63, 3.8) is 0 Å². The zero-order valence-corrected chi connectivity index (χ0v) is 14.6. The van der Waals surface area contributed by atoms with E-state index in [1.54, 1.807) is 28.8 Å². The van der Waals surface area contributed by atoms with E-state index in [0.717, 1.165) is 35.7 Å². The molecule has 1 aliphatic heterocycles. The van der Waals surface area contributed by atoms with Crippen LogP contribution in [0.5, 0.6) is 5.75 Å². The van der Waals surface area contributed by atoms with Gasteiger partial charge in [0, 0.05) is 16.6 Å². The second-order valence-corrected chi connectivity index (χ2v) is 6.74. The Morgan fingerprint density at radius 2 is 1.93 bits per heavy atom. The Kier molecular flexibility index (Phi) is 4.72. The van der Waals surface area contributed by atoms with Crippen molar-refractivity contribution in [2.24, 2.45) is 5.92 Å². The molecule has 3 heterocycles. The second kappa shape index (κ2) is 7.32. The molecule has 0 aliphatic carbocycles. The van der Waals surface area contributed by atoms with E-state index in [-0.39, 0.29) is 11.7 Å². The van der Waals surface area contributed by atoms with E-state index >= 15 is 0 Å². The number of hydrogen-bond acceptors (Lipinski definition) is 5. The lowest BCUT2D eigenvalue weighted by atomic mass is 9.97. The number of carbonyl (C=O) groups is 1. The molecular weight excluding hydrogens is 351 g/mol. The van der Waals surface area contributed by atoms with Crippen molar-refractivity contribution in [3.05, 3.63) is 48.3 Å². The largest absolute Gasteiger partial charge is 0.481 e. The van der Waals surface area contributed by atoms with E-state index in [9.17, 15) is 9.32 Å². The molecule has 2 aromatic heterocycles. The minimum absolute atomic E-state index is 0.149. The number of aliphatic carboxylic acids is 1. The highest BCUT2D eigenvalue weighted by molar-refractivity contribution is 5.70. The van der Waals surface area contributed by atoms with Gasteiger partial charge >= 0.3 is 5.97 Å². The molecule has 0 unspecified atom stereocenters. The number of rotatable bonds is 5. The number of likely N-dealkylation sites (tertiary alicyclic amines) is 1. The van der Waals surface area contributed by atoms with Gasteiger partial charge in [-0.3, -0.25) is 14.6 Å². The second-order valence-electron chi connectivity index (χ2n) is 6.74. The van der Waals surface area contributed by atoms with Gasteiger partial charge < -0.3 is 5.11 Å². The first kappa shape index (κ1) is 17.4. The van der Waals surface area contributed by atoms with Crippen LogP contribution in [0.2, 0.25) is 0 Å². The summed E-state index contributed by atoms with van der Waals surface area (Å²) >= 11 is 0. The lowest BCUT2D eigenvalue weighted by molar-refractivity contribution is -0.143. The number of nitrogens with zero attached hydrogens (tertiary/aromatic N) is 4. The van der Waals surface area contributed by atoms with Gasteiger partial charge in [-0.1, -0.05) is 0 Å². The van der Waals surface area contributed by atoms with E-state index in [0.29, 0.717) is 19.4 Å². The number of benzene rings is 1. The zero-order chi connectivity index (χ0) is 18.8. The van der Waals surface area contributed by atoms with Crippen LogP contribution in [0.3, 0.4) is 0 Å². The number of piperidine rings is 1. The molecule has 8 heteroatoms. The molecule has 3 aromatic rings. The lowest BCUT2D eigenvalue weighted by Gasteiger charge is -2.29. The Bertz CT molecular complexity index is 949. The van der Waals surface area contributed by atoms with E-state index in [2.05, 4.69) is 19.9 Å². The highest BCUT2D eigenvalue weighted by atomic mass is 19.3. The molecule has 27 heavy (non-hydrogen) atoms. The van der Waals surface area contributed by atoms with Crippen LogP contribution in [0.25, 0.3) is 16.9 Å². The third-order valence-electron chi connectivity index (χ3n) is 4.93. The van der Waals surface area contributed by atoms with Gasteiger partial charge in [0.25, 0.3) is 0 Å². The summed E-state index contributed by atoms with van der Waals surface area (Å²) in [5.41, 5.74) is 3.25. The maximum Gasteiger partial charge on any atom is 0.306 e. The normalized spacial score (nSPS) is 15.9. The maximum atomic E-state index is 12.2. The lowest BCUT2D eigenvalue weighted by Crippen LogP contribution is -2.35. The predicted octanol–water partition coefficient (Wildman–Crippen LogP) is 2.96. The van der Waals surface area contributed by atoms with Crippen LogP contribution >= 0.6 is 0 Å². The maximum absolute atomic E-state index is 12.2. The first-order valence-corrected chi connectivity index (χ1v) is 8.82. The van der Waals surface area contributed by atoms with Crippen molar-refractivity contribution in [3.8, 4) is 17.0 Å². The fourth-order valence-corrected chi connectivity index (χ4v) is 3.41. The highest BCUT2D eigenvalue weighted by Crippen LogP contribution is 2.22. The van der Waals surface area contributed by atoms with Crippen LogP contribution in [-0.2, 0) is 11.3 Å². The molecule has 0 saturated carbocycles. The van der Waals surface area contributed by atoms with Crippen LogP contribution in [0.15, 0.2) is 42.6 Å². The van der Waals surface area contributed by atoms with E-state index in [1.807, 2.05) is 18.3 Å². The summed E-state index contributed by atoms with van der Waals surface area (Å²) in [6.07, 6.45) is 3.23. The molecule has 4 rings (SSSR count). The molecule has 1 N–H and O–H groups in total. The molecule has 1 aromatic carbocycles. The van der Waals surface area contributed by atoms with Crippen LogP contribution < -0.4 is 4.94 Å². The number of carboxylic acids is 1. The predicted molar refractivity (Wildman–Crippen MR) is 95.8 cm³/mol. The first-order valence-electron chi connectivity index (χ1n) is 8.82. The van der Waals surface area contributed by atoms with Gasteiger partial charge in [-0.05, 0) is 62.3 Å². The minimum atomic E-state index is -0.704.